The minimum absolute atomic E-state index is 0.0920. The van der Waals surface area contributed by atoms with Gasteiger partial charge in [0.2, 0.25) is 17.7 Å². The molecule has 2 aliphatic carbocycles. The zero-order valence-corrected chi connectivity index (χ0v) is 34.3. The number of hydrogen-bond donors (Lipinski definition) is 3. The molecular formula is C45H69N3O7. The molecule has 1 fully saturated rings. The van der Waals surface area contributed by atoms with E-state index in [0.29, 0.717) is 49.3 Å². The third kappa shape index (κ3) is 22.5. The molecule has 55 heavy (non-hydrogen) atoms. The second-order valence-electron chi connectivity index (χ2n) is 13.0. The number of allylic oxidation sites excluding steroid dienone is 6. The van der Waals surface area contributed by atoms with Gasteiger partial charge in [-0.1, -0.05) is 95.7 Å². The molecule has 306 valence electrons. The summed E-state index contributed by atoms with van der Waals surface area (Å²) >= 11 is 0. The minimum Gasteiger partial charge on any atom is -0.494 e. The fourth-order valence-corrected chi connectivity index (χ4v) is 5.85. The van der Waals surface area contributed by atoms with Crippen LogP contribution in [0.2, 0.25) is 0 Å². The Morgan fingerprint density at radius 3 is 2.20 bits per heavy atom. The van der Waals surface area contributed by atoms with Crippen LogP contribution in [-0.4, -0.2) is 43.0 Å². The van der Waals surface area contributed by atoms with Gasteiger partial charge in [0.15, 0.2) is 6.04 Å². The highest BCUT2D eigenvalue weighted by Crippen LogP contribution is 2.24. The van der Waals surface area contributed by atoms with Crippen molar-refractivity contribution < 1.29 is 33.5 Å². The molecule has 2 aliphatic rings. The van der Waals surface area contributed by atoms with E-state index >= 15 is 0 Å². The topological polar surface area (TPSA) is 132 Å². The smallest absolute Gasteiger partial charge is 0.333 e. The standard InChI is InChI=1S/C41H57N3O7.2C2H6/c1-3-34(42-37(45)26-15-8-9-16-27-39(47)44-50-31-32-20-11-6-5-7-12-21-32)30-35(4-2)49-29-19-28-38(46)43-40(33-22-13-10-14-23-33)41(48)51-36-24-17-18-25-36;2*1-2/h3-4,6,10-11,13-14,20,22-23,30,36,40H,1,5,7-9,12,15-19,21,24-29,31H2,2H3,(H,42,45)(H,43,46)(H,44,47);2*1-2H3/b11-6-,32-20+,34-30+,35-4+;;. The summed E-state index contributed by atoms with van der Waals surface area (Å²) < 4.78 is 11.6. The quantitative estimate of drug-likeness (QED) is 0.0352. The highest BCUT2D eigenvalue weighted by Gasteiger charge is 2.28. The van der Waals surface area contributed by atoms with E-state index in [1.807, 2.05) is 65.0 Å². The van der Waals surface area contributed by atoms with Crippen molar-refractivity contribution in [3.63, 3.8) is 0 Å². The van der Waals surface area contributed by atoms with E-state index < -0.39 is 12.0 Å². The first kappa shape index (κ1) is 48.6. The van der Waals surface area contributed by atoms with Crippen molar-refractivity contribution >= 4 is 23.7 Å². The molecule has 1 unspecified atom stereocenters. The molecule has 0 saturated heterocycles. The number of hydroxylamine groups is 1. The van der Waals surface area contributed by atoms with Crippen LogP contribution in [0.5, 0.6) is 0 Å². The number of esters is 1. The number of amides is 3. The lowest BCUT2D eigenvalue weighted by molar-refractivity contribution is -0.153. The average molecular weight is 764 g/mol. The average Bonchev–Trinajstić information content (AvgIpc) is 3.71. The Hall–Kier alpha value is -4.44. The van der Waals surface area contributed by atoms with Crippen molar-refractivity contribution in [2.45, 2.75) is 149 Å². The van der Waals surface area contributed by atoms with Crippen LogP contribution in [0.4, 0.5) is 0 Å². The third-order valence-corrected chi connectivity index (χ3v) is 8.75. The summed E-state index contributed by atoms with van der Waals surface area (Å²) in [5.74, 6) is -0.425. The first-order chi connectivity index (χ1) is 26.9. The van der Waals surface area contributed by atoms with Gasteiger partial charge in [-0.15, -0.1) is 0 Å². The van der Waals surface area contributed by atoms with Gasteiger partial charge in [-0.2, -0.15) is 0 Å². The first-order valence-electron chi connectivity index (χ1n) is 20.6. The van der Waals surface area contributed by atoms with Crippen LogP contribution < -0.4 is 16.1 Å². The maximum absolute atomic E-state index is 13.0. The summed E-state index contributed by atoms with van der Waals surface area (Å²) in [6, 6.07) is 8.27. The maximum Gasteiger partial charge on any atom is 0.333 e. The molecule has 10 heteroatoms. The van der Waals surface area contributed by atoms with Gasteiger partial charge in [0, 0.05) is 31.0 Å². The number of nitrogens with one attached hydrogen (secondary N) is 3. The lowest BCUT2D eigenvalue weighted by Gasteiger charge is -2.20. The predicted molar refractivity (Wildman–Crippen MR) is 221 cm³/mol. The normalized spacial score (nSPS) is 16.5. The number of carbonyl (C=O) groups is 4. The first-order valence-corrected chi connectivity index (χ1v) is 20.6. The van der Waals surface area contributed by atoms with Crippen molar-refractivity contribution in [1.29, 1.82) is 0 Å². The largest absolute Gasteiger partial charge is 0.494 e. The number of ether oxygens (including phenoxy) is 2. The van der Waals surface area contributed by atoms with E-state index in [0.717, 1.165) is 64.2 Å². The molecule has 1 saturated carbocycles. The van der Waals surface area contributed by atoms with Gasteiger partial charge in [0.25, 0.3) is 0 Å². The lowest BCUT2D eigenvalue weighted by atomic mass is 10.0. The molecule has 0 spiro atoms. The Balaban J connectivity index is 0.00000365. The lowest BCUT2D eigenvalue weighted by Crippen LogP contribution is -2.36. The summed E-state index contributed by atoms with van der Waals surface area (Å²) in [5, 5.41) is 5.71. The van der Waals surface area contributed by atoms with E-state index in [9.17, 15) is 19.2 Å². The molecular weight excluding hydrogens is 695 g/mol. The number of unbranched alkanes of at least 4 members (excludes halogenated alkanes) is 3. The molecule has 3 amide bonds. The SMILES string of the molecule is C=C/C(=C\C(=C/C)OCCCC(=O)NC(C(=O)OC1CCCC1)c1ccccc1)NC(=O)CCCCCCC(=O)NOC/C1=C/C=C\CCCC1.CC.CC. The molecule has 1 aromatic carbocycles. The molecule has 3 rings (SSSR count). The van der Waals surface area contributed by atoms with Gasteiger partial charge in [0.05, 0.1) is 13.2 Å². The molecule has 0 aliphatic heterocycles. The van der Waals surface area contributed by atoms with E-state index in [2.05, 4.69) is 40.9 Å². The zero-order chi connectivity index (χ0) is 40.5. The van der Waals surface area contributed by atoms with Crippen molar-refractivity contribution in [2.75, 3.05) is 13.2 Å². The minimum atomic E-state index is -0.860. The number of carbonyl (C=O) groups excluding carboxylic acids is 4. The number of benzene rings is 1. The number of rotatable bonds is 22. The maximum atomic E-state index is 13.0. The second-order valence-corrected chi connectivity index (χ2v) is 13.0. The molecule has 0 heterocycles. The summed E-state index contributed by atoms with van der Waals surface area (Å²) in [4.78, 5) is 55.8. The van der Waals surface area contributed by atoms with Crippen LogP contribution in [0.3, 0.4) is 0 Å². The van der Waals surface area contributed by atoms with Crippen LogP contribution in [-0.2, 0) is 33.5 Å². The van der Waals surface area contributed by atoms with Gasteiger partial charge in [0.1, 0.15) is 11.9 Å². The van der Waals surface area contributed by atoms with E-state index in [-0.39, 0.29) is 36.9 Å². The van der Waals surface area contributed by atoms with E-state index in [4.69, 9.17) is 14.3 Å². The highest BCUT2D eigenvalue weighted by molar-refractivity contribution is 5.85. The van der Waals surface area contributed by atoms with Crippen LogP contribution in [0.25, 0.3) is 0 Å². The van der Waals surface area contributed by atoms with Crippen LogP contribution in [0.15, 0.2) is 90.4 Å². The summed E-state index contributed by atoms with van der Waals surface area (Å²) in [6.07, 6.45) is 23.8. The van der Waals surface area contributed by atoms with Gasteiger partial charge < -0.3 is 20.1 Å². The molecule has 1 atom stereocenters. The summed E-state index contributed by atoms with van der Waals surface area (Å²) in [5.41, 5.74) is 4.92. The second kappa shape index (κ2) is 31.9. The highest BCUT2D eigenvalue weighted by atomic mass is 16.6. The third-order valence-electron chi connectivity index (χ3n) is 8.75. The van der Waals surface area contributed by atoms with Crippen LogP contribution in [0.1, 0.15) is 149 Å². The predicted octanol–water partition coefficient (Wildman–Crippen LogP) is 9.71. The molecule has 0 aromatic heterocycles. The fraction of sp³-hybridized carbons (Fsp3) is 0.556. The fourth-order valence-electron chi connectivity index (χ4n) is 5.85. The van der Waals surface area contributed by atoms with E-state index in [1.165, 1.54) is 12.0 Å². The van der Waals surface area contributed by atoms with Crippen molar-refractivity contribution in [3.8, 4) is 0 Å². The Morgan fingerprint density at radius 2 is 1.53 bits per heavy atom. The van der Waals surface area contributed by atoms with Crippen molar-refractivity contribution in [2.24, 2.45) is 0 Å². The summed E-state index contributed by atoms with van der Waals surface area (Å²) in [6.45, 7) is 14.3. The number of hydrogen-bond acceptors (Lipinski definition) is 7. The Bertz CT molecular complexity index is 1380. The van der Waals surface area contributed by atoms with Crippen molar-refractivity contribution in [1.82, 2.24) is 16.1 Å². The van der Waals surface area contributed by atoms with Crippen molar-refractivity contribution in [3.05, 3.63) is 96.0 Å². The zero-order valence-electron chi connectivity index (χ0n) is 34.3. The van der Waals surface area contributed by atoms with Crippen LogP contribution in [0, 0.1) is 0 Å². The van der Waals surface area contributed by atoms with Gasteiger partial charge in [-0.3, -0.25) is 19.2 Å². The Kier molecular flexibility index (Phi) is 28.1. The monoisotopic (exact) mass is 764 g/mol. The van der Waals surface area contributed by atoms with Crippen LogP contribution >= 0.6 is 0 Å². The summed E-state index contributed by atoms with van der Waals surface area (Å²) in [7, 11) is 0. The van der Waals surface area contributed by atoms with Gasteiger partial charge in [-0.25, -0.2) is 10.3 Å². The molecule has 0 radical (unpaired) electrons. The van der Waals surface area contributed by atoms with E-state index in [1.54, 1.807) is 18.2 Å². The molecule has 10 nitrogen and oxygen atoms in total. The molecule has 1 aromatic rings. The van der Waals surface area contributed by atoms with Gasteiger partial charge >= 0.3 is 5.97 Å². The van der Waals surface area contributed by atoms with Gasteiger partial charge in [-0.05, 0) is 101 Å². The molecule has 3 N–H and O–H groups in total. The Labute approximate surface area is 331 Å². The Morgan fingerprint density at radius 1 is 0.855 bits per heavy atom. The molecule has 0 bridgehead atoms.